The van der Waals surface area contributed by atoms with Gasteiger partial charge in [0.2, 0.25) is 0 Å². The third-order valence-electron chi connectivity index (χ3n) is 4.35. The van der Waals surface area contributed by atoms with Crippen LogP contribution in [0, 0.1) is 0 Å². The standard InChI is InChI=1S/C19H14O2/c20-19(21)17-11-13-6-2-4-8-15(13)18-14-7-3-1-5-12(14)9-10-16(17)18/h1-10,17H,11H2,(H,20,21). The molecule has 0 saturated carbocycles. The molecule has 3 aromatic rings. The fourth-order valence-corrected chi connectivity index (χ4v) is 3.37. The molecule has 1 unspecified atom stereocenters. The summed E-state index contributed by atoms with van der Waals surface area (Å²) in [5.41, 5.74) is 4.30. The molecule has 1 aliphatic rings. The number of rotatable bonds is 1. The molecule has 0 radical (unpaired) electrons. The minimum Gasteiger partial charge on any atom is -0.481 e. The molecule has 2 heteroatoms. The Morgan fingerprint density at radius 3 is 2.57 bits per heavy atom. The molecular formula is C19H14O2. The van der Waals surface area contributed by atoms with Crippen LogP contribution in [0.3, 0.4) is 0 Å². The molecule has 102 valence electrons. The van der Waals surface area contributed by atoms with Gasteiger partial charge in [-0.1, -0.05) is 60.7 Å². The van der Waals surface area contributed by atoms with Gasteiger partial charge in [0.05, 0.1) is 5.92 Å². The van der Waals surface area contributed by atoms with E-state index in [0.717, 1.165) is 27.5 Å². The first kappa shape index (κ1) is 12.2. The fourth-order valence-electron chi connectivity index (χ4n) is 3.37. The summed E-state index contributed by atoms with van der Waals surface area (Å²) in [5.74, 6) is -1.21. The van der Waals surface area contributed by atoms with Gasteiger partial charge in [-0.15, -0.1) is 0 Å². The number of benzene rings is 3. The monoisotopic (exact) mass is 274 g/mol. The topological polar surface area (TPSA) is 37.3 Å². The Morgan fingerprint density at radius 2 is 1.71 bits per heavy atom. The van der Waals surface area contributed by atoms with Crippen molar-refractivity contribution < 1.29 is 9.90 Å². The average Bonchev–Trinajstić information content (AvgIpc) is 2.53. The molecule has 0 amide bonds. The van der Waals surface area contributed by atoms with E-state index in [1.54, 1.807) is 0 Å². The summed E-state index contributed by atoms with van der Waals surface area (Å²) in [6.45, 7) is 0. The largest absolute Gasteiger partial charge is 0.481 e. The minimum absolute atomic E-state index is 0.459. The molecule has 4 rings (SSSR count). The van der Waals surface area contributed by atoms with Gasteiger partial charge in [0, 0.05) is 0 Å². The molecule has 3 aromatic carbocycles. The van der Waals surface area contributed by atoms with Crippen molar-refractivity contribution in [2.45, 2.75) is 12.3 Å². The molecule has 0 aliphatic heterocycles. The van der Waals surface area contributed by atoms with E-state index < -0.39 is 11.9 Å². The van der Waals surface area contributed by atoms with Gasteiger partial charge in [0.25, 0.3) is 0 Å². The quantitative estimate of drug-likeness (QED) is 0.721. The van der Waals surface area contributed by atoms with Crippen LogP contribution in [0.2, 0.25) is 0 Å². The van der Waals surface area contributed by atoms with Crippen molar-refractivity contribution in [1.82, 2.24) is 0 Å². The normalized spacial score (nSPS) is 16.3. The maximum absolute atomic E-state index is 11.7. The van der Waals surface area contributed by atoms with E-state index in [1.807, 2.05) is 42.5 Å². The van der Waals surface area contributed by atoms with E-state index in [-0.39, 0.29) is 0 Å². The van der Waals surface area contributed by atoms with Gasteiger partial charge in [-0.25, -0.2) is 0 Å². The third kappa shape index (κ3) is 1.76. The maximum Gasteiger partial charge on any atom is 0.311 e. The molecular weight excluding hydrogens is 260 g/mol. The van der Waals surface area contributed by atoms with Crippen LogP contribution in [0.5, 0.6) is 0 Å². The maximum atomic E-state index is 11.7. The van der Waals surface area contributed by atoms with Crippen LogP contribution in [0.4, 0.5) is 0 Å². The van der Waals surface area contributed by atoms with Gasteiger partial charge >= 0.3 is 5.97 Å². The first-order valence-electron chi connectivity index (χ1n) is 7.08. The van der Waals surface area contributed by atoms with Crippen LogP contribution in [0.1, 0.15) is 17.0 Å². The molecule has 1 aliphatic carbocycles. The van der Waals surface area contributed by atoms with Crippen LogP contribution in [0.25, 0.3) is 21.9 Å². The van der Waals surface area contributed by atoms with Crippen LogP contribution in [0.15, 0.2) is 60.7 Å². The number of carboxylic acids is 1. The Bertz CT molecular complexity index is 864. The summed E-state index contributed by atoms with van der Waals surface area (Å²) in [7, 11) is 0. The summed E-state index contributed by atoms with van der Waals surface area (Å²) >= 11 is 0. The Morgan fingerprint density at radius 1 is 0.952 bits per heavy atom. The van der Waals surface area contributed by atoms with Gasteiger partial charge in [0.15, 0.2) is 0 Å². The highest BCUT2D eigenvalue weighted by Crippen LogP contribution is 2.43. The van der Waals surface area contributed by atoms with Crippen LogP contribution < -0.4 is 0 Å². The lowest BCUT2D eigenvalue weighted by atomic mass is 9.77. The van der Waals surface area contributed by atoms with E-state index in [1.165, 1.54) is 5.56 Å². The first-order chi connectivity index (χ1) is 10.3. The Kier molecular flexibility index (Phi) is 2.58. The smallest absolute Gasteiger partial charge is 0.311 e. The van der Waals surface area contributed by atoms with Crippen LogP contribution in [-0.4, -0.2) is 11.1 Å². The third-order valence-corrected chi connectivity index (χ3v) is 4.35. The van der Waals surface area contributed by atoms with Crippen LogP contribution >= 0.6 is 0 Å². The second-order valence-corrected chi connectivity index (χ2v) is 5.50. The van der Waals surface area contributed by atoms with Gasteiger partial charge < -0.3 is 5.11 Å². The van der Waals surface area contributed by atoms with Crippen molar-refractivity contribution in [2.24, 2.45) is 0 Å². The molecule has 21 heavy (non-hydrogen) atoms. The molecule has 0 heterocycles. The highest BCUT2D eigenvalue weighted by molar-refractivity contribution is 6.02. The lowest BCUT2D eigenvalue weighted by molar-refractivity contribution is -0.138. The number of hydrogen-bond acceptors (Lipinski definition) is 1. The molecule has 0 spiro atoms. The molecule has 0 saturated heterocycles. The van der Waals surface area contributed by atoms with E-state index in [9.17, 15) is 9.90 Å². The molecule has 2 nitrogen and oxygen atoms in total. The lowest BCUT2D eigenvalue weighted by Crippen LogP contribution is -2.19. The summed E-state index contributed by atoms with van der Waals surface area (Å²) in [5, 5.41) is 11.9. The van der Waals surface area contributed by atoms with Gasteiger partial charge in [-0.2, -0.15) is 0 Å². The number of carbonyl (C=O) groups is 1. The second-order valence-electron chi connectivity index (χ2n) is 5.50. The second kappa shape index (κ2) is 4.45. The highest BCUT2D eigenvalue weighted by Gasteiger charge is 2.30. The zero-order valence-corrected chi connectivity index (χ0v) is 11.4. The van der Waals surface area contributed by atoms with E-state index in [4.69, 9.17) is 0 Å². The summed E-state index contributed by atoms with van der Waals surface area (Å²) in [4.78, 5) is 11.7. The van der Waals surface area contributed by atoms with Crippen molar-refractivity contribution in [3.63, 3.8) is 0 Å². The molecule has 0 aromatic heterocycles. The van der Waals surface area contributed by atoms with Crippen LogP contribution in [-0.2, 0) is 11.2 Å². The number of aliphatic carboxylic acids is 1. The van der Waals surface area contributed by atoms with E-state index in [0.29, 0.717) is 6.42 Å². The van der Waals surface area contributed by atoms with Crippen molar-refractivity contribution in [3.8, 4) is 11.1 Å². The van der Waals surface area contributed by atoms with E-state index in [2.05, 4.69) is 18.2 Å². The molecule has 0 bridgehead atoms. The van der Waals surface area contributed by atoms with Crippen molar-refractivity contribution in [3.05, 3.63) is 71.8 Å². The SMILES string of the molecule is O=C(O)C1Cc2ccccc2-c2c1ccc1ccccc21. The average molecular weight is 274 g/mol. The zero-order chi connectivity index (χ0) is 14.4. The fraction of sp³-hybridized carbons (Fsp3) is 0.105. The Balaban J connectivity index is 2.13. The van der Waals surface area contributed by atoms with E-state index >= 15 is 0 Å². The molecule has 1 N–H and O–H groups in total. The van der Waals surface area contributed by atoms with Crippen molar-refractivity contribution in [1.29, 1.82) is 0 Å². The Hall–Kier alpha value is -2.61. The molecule has 1 atom stereocenters. The summed E-state index contributed by atoms with van der Waals surface area (Å²) < 4.78 is 0. The number of fused-ring (bicyclic) bond motifs is 5. The zero-order valence-electron chi connectivity index (χ0n) is 11.4. The van der Waals surface area contributed by atoms with Crippen molar-refractivity contribution >= 4 is 16.7 Å². The summed E-state index contributed by atoms with van der Waals surface area (Å²) in [6, 6.07) is 20.3. The Labute approximate surface area is 122 Å². The van der Waals surface area contributed by atoms with Gasteiger partial charge in [-0.05, 0) is 39.4 Å². The number of carboxylic acid groups (broad SMARTS) is 1. The number of hydrogen-bond donors (Lipinski definition) is 1. The predicted molar refractivity (Wildman–Crippen MR) is 83.5 cm³/mol. The lowest BCUT2D eigenvalue weighted by Gasteiger charge is -2.26. The minimum atomic E-state index is -0.749. The summed E-state index contributed by atoms with van der Waals surface area (Å²) in [6.07, 6.45) is 0.566. The predicted octanol–water partition coefficient (Wildman–Crippen LogP) is 4.23. The van der Waals surface area contributed by atoms with Gasteiger partial charge in [-0.3, -0.25) is 4.79 Å². The van der Waals surface area contributed by atoms with Gasteiger partial charge in [0.1, 0.15) is 0 Å². The first-order valence-corrected chi connectivity index (χ1v) is 7.08. The van der Waals surface area contributed by atoms with Crippen molar-refractivity contribution in [2.75, 3.05) is 0 Å². The molecule has 0 fully saturated rings. The highest BCUT2D eigenvalue weighted by atomic mass is 16.4.